The fraction of sp³-hybridized carbons (Fsp3) is 0.500. The summed E-state index contributed by atoms with van der Waals surface area (Å²) in [7, 11) is 0. The maximum atomic E-state index is 5.80. The fourth-order valence-corrected chi connectivity index (χ4v) is 2.29. The standard InChI is InChI=1S/C12H18N2/c13-8-11-6-7-14-9-12(11)10-4-2-1-3-5-10/h1-5,11-12,14H,6-9,13H2. The van der Waals surface area contributed by atoms with E-state index in [2.05, 4.69) is 35.6 Å². The third-order valence-corrected chi connectivity index (χ3v) is 3.16. The number of benzene rings is 1. The lowest BCUT2D eigenvalue weighted by atomic mass is 9.81. The van der Waals surface area contributed by atoms with Gasteiger partial charge in [-0.3, -0.25) is 0 Å². The molecule has 1 fully saturated rings. The van der Waals surface area contributed by atoms with Crippen LogP contribution in [0.3, 0.4) is 0 Å². The van der Waals surface area contributed by atoms with Crippen molar-refractivity contribution in [3.8, 4) is 0 Å². The Morgan fingerprint density at radius 3 is 2.79 bits per heavy atom. The number of hydrogen-bond donors (Lipinski definition) is 2. The van der Waals surface area contributed by atoms with E-state index in [0.29, 0.717) is 11.8 Å². The molecule has 1 aliphatic rings. The number of hydrogen-bond acceptors (Lipinski definition) is 2. The molecule has 0 spiro atoms. The van der Waals surface area contributed by atoms with Gasteiger partial charge in [0.2, 0.25) is 0 Å². The highest BCUT2D eigenvalue weighted by molar-refractivity contribution is 5.21. The molecule has 2 rings (SSSR count). The van der Waals surface area contributed by atoms with Crippen LogP contribution in [0.2, 0.25) is 0 Å². The highest BCUT2D eigenvalue weighted by Crippen LogP contribution is 2.28. The van der Waals surface area contributed by atoms with E-state index in [4.69, 9.17) is 5.73 Å². The number of nitrogens with one attached hydrogen (secondary N) is 1. The Balaban J connectivity index is 2.15. The van der Waals surface area contributed by atoms with Gasteiger partial charge < -0.3 is 11.1 Å². The smallest absolute Gasteiger partial charge is 0.00233 e. The highest BCUT2D eigenvalue weighted by Gasteiger charge is 2.24. The Morgan fingerprint density at radius 2 is 2.07 bits per heavy atom. The Labute approximate surface area is 85.5 Å². The summed E-state index contributed by atoms with van der Waals surface area (Å²) in [4.78, 5) is 0. The van der Waals surface area contributed by atoms with Crippen LogP contribution in [-0.2, 0) is 0 Å². The number of rotatable bonds is 2. The number of piperidine rings is 1. The van der Waals surface area contributed by atoms with Gasteiger partial charge in [0, 0.05) is 12.5 Å². The molecule has 2 heteroatoms. The van der Waals surface area contributed by atoms with Gasteiger partial charge in [-0.2, -0.15) is 0 Å². The van der Waals surface area contributed by atoms with E-state index in [1.165, 1.54) is 12.0 Å². The Hall–Kier alpha value is -0.860. The van der Waals surface area contributed by atoms with E-state index >= 15 is 0 Å². The van der Waals surface area contributed by atoms with E-state index in [9.17, 15) is 0 Å². The molecule has 0 bridgehead atoms. The van der Waals surface area contributed by atoms with Crippen LogP contribution in [0, 0.1) is 5.92 Å². The summed E-state index contributed by atoms with van der Waals surface area (Å²) in [6.07, 6.45) is 1.20. The zero-order chi connectivity index (χ0) is 9.80. The molecule has 1 aromatic rings. The van der Waals surface area contributed by atoms with Gasteiger partial charge in [0.1, 0.15) is 0 Å². The SMILES string of the molecule is NCC1CCNCC1c1ccccc1. The molecule has 0 radical (unpaired) electrons. The molecule has 14 heavy (non-hydrogen) atoms. The minimum Gasteiger partial charge on any atom is -0.330 e. The van der Waals surface area contributed by atoms with Gasteiger partial charge in [0.05, 0.1) is 0 Å². The predicted molar refractivity (Wildman–Crippen MR) is 59.2 cm³/mol. The van der Waals surface area contributed by atoms with Crippen LogP contribution in [0.5, 0.6) is 0 Å². The second-order valence-electron chi connectivity index (χ2n) is 4.01. The fourth-order valence-electron chi connectivity index (χ4n) is 2.29. The average Bonchev–Trinajstić information content (AvgIpc) is 2.30. The van der Waals surface area contributed by atoms with Crippen molar-refractivity contribution in [2.24, 2.45) is 11.7 Å². The summed E-state index contributed by atoms with van der Waals surface area (Å²) in [5.74, 6) is 1.26. The lowest BCUT2D eigenvalue weighted by molar-refractivity contribution is 0.331. The zero-order valence-electron chi connectivity index (χ0n) is 8.45. The van der Waals surface area contributed by atoms with E-state index in [1.54, 1.807) is 0 Å². The van der Waals surface area contributed by atoms with E-state index in [0.717, 1.165) is 19.6 Å². The lowest BCUT2D eigenvalue weighted by Crippen LogP contribution is -2.38. The normalized spacial score (nSPS) is 27.5. The van der Waals surface area contributed by atoms with Gasteiger partial charge in [-0.05, 0) is 31.0 Å². The highest BCUT2D eigenvalue weighted by atomic mass is 14.9. The molecule has 2 atom stereocenters. The average molecular weight is 190 g/mol. The van der Waals surface area contributed by atoms with Crippen LogP contribution in [0.15, 0.2) is 30.3 Å². The van der Waals surface area contributed by atoms with Gasteiger partial charge in [-0.15, -0.1) is 0 Å². The van der Waals surface area contributed by atoms with Crippen molar-refractivity contribution >= 4 is 0 Å². The van der Waals surface area contributed by atoms with Crippen LogP contribution < -0.4 is 11.1 Å². The van der Waals surface area contributed by atoms with Gasteiger partial charge in [0.15, 0.2) is 0 Å². The van der Waals surface area contributed by atoms with E-state index in [-0.39, 0.29) is 0 Å². The number of nitrogens with two attached hydrogens (primary N) is 1. The van der Waals surface area contributed by atoms with Crippen LogP contribution in [0.1, 0.15) is 17.9 Å². The minimum atomic E-state index is 0.606. The molecule has 2 unspecified atom stereocenters. The minimum absolute atomic E-state index is 0.606. The van der Waals surface area contributed by atoms with Crippen LogP contribution >= 0.6 is 0 Å². The van der Waals surface area contributed by atoms with E-state index in [1.807, 2.05) is 0 Å². The van der Waals surface area contributed by atoms with Gasteiger partial charge >= 0.3 is 0 Å². The predicted octanol–water partition coefficient (Wildman–Crippen LogP) is 1.34. The van der Waals surface area contributed by atoms with Crippen molar-refractivity contribution < 1.29 is 0 Å². The Morgan fingerprint density at radius 1 is 1.29 bits per heavy atom. The first kappa shape index (κ1) is 9.69. The third kappa shape index (κ3) is 1.97. The van der Waals surface area contributed by atoms with Crippen molar-refractivity contribution in [2.75, 3.05) is 19.6 Å². The first-order valence-electron chi connectivity index (χ1n) is 5.37. The molecule has 1 saturated heterocycles. The molecule has 76 valence electrons. The molecule has 1 aromatic carbocycles. The van der Waals surface area contributed by atoms with Gasteiger partial charge in [0.25, 0.3) is 0 Å². The van der Waals surface area contributed by atoms with Crippen LogP contribution in [0.25, 0.3) is 0 Å². The lowest BCUT2D eigenvalue weighted by Gasteiger charge is -2.31. The summed E-state index contributed by atoms with van der Waals surface area (Å²) < 4.78 is 0. The molecule has 0 aromatic heterocycles. The summed E-state index contributed by atoms with van der Waals surface area (Å²) in [5.41, 5.74) is 7.23. The third-order valence-electron chi connectivity index (χ3n) is 3.16. The maximum Gasteiger partial charge on any atom is 0.00233 e. The summed E-state index contributed by atoms with van der Waals surface area (Å²) >= 11 is 0. The van der Waals surface area contributed by atoms with Crippen molar-refractivity contribution in [1.29, 1.82) is 0 Å². The maximum absolute atomic E-state index is 5.80. The second-order valence-corrected chi connectivity index (χ2v) is 4.01. The van der Waals surface area contributed by atoms with Crippen molar-refractivity contribution in [2.45, 2.75) is 12.3 Å². The summed E-state index contributed by atoms with van der Waals surface area (Å²) in [6.45, 7) is 3.00. The zero-order valence-corrected chi connectivity index (χ0v) is 8.45. The molecule has 0 amide bonds. The van der Waals surface area contributed by atoms with Crippen molar-refractivity contribution in [3.63, 3.8) is 0 Å². The van der Waals surface area contributed by atoms with Crippen LogP contribution in [-0.4, -0.2) is 19.6 Å². The molecule has 1 aliphatic heterocycles. The van der Waals surface area contributed by atoms with Crippen LogP contribution in [0.4, 0.5) is 0 Å². The Bertz CT molecular complexity index is 271. The molecule has 0 aliphatic carbocycles. The first-order chi connectivity index (χ1) is 6.92. The second kappa shape index (κ2) is 4.58. The molecular formula is C12H18N2. The largest absolute Gasteiger partial charge is 0.330 e. The molecule has 1 heterocycles. The van der Waals surface area contributed by atoms with Crippen molar-refractivity contribution in [3.05, 3.63) is 35.9 Å². The van der Waals surface area contributed by atoms with Crippen molar-refractivity contribution in [1.82, 2.24) is 5.32 Å². The molecule has 2 nitrogen and oxygen atoms in total. The van der Waals surface area contributed by atoms with Gasteiger partial charge in [-0.25, -0.2) is 0 Å². The summed E-state index contributed by atoms with van der Waals surface area (Å²) in [6, 6.07) is 10.7. The Kier molecular flexibility index (Phi) is 3.17. The molecule has 3 N–H and O–H groups in total. The molecular weight excluding hydrogens is 172 g/mol. The molecule has 0 saturated carbocycles. The van der Waals surface area contributed by atoms with E-state index < -0.39 is 0 Å². The quantitative estimate of drug-likeness (QED) is 0.738. The first-order valence-corrected chi connectivity index (χ1v) is 5.37. The topological polar surface area (TPSA) is 38.0 Å². The monoisotopic (exact) mass is 190 g/mol. The summed E-state index contributed by atoms with van der Waals surface area (Å²) in [5, 5.41) is 3.44. The van der Waals surface area contributed by atoms with Gasteiger partial charge in [-0.1, -0.05) is 30.3 Å².